The van der Waals surface area contributed by atoms with Crippen molar-refractivity contribution in [2.45, 2.75) is 0 Å². The van der Waals surface area contributed by atoms with Gasteiger partial charge in [0.1, 0.15) is 0 Å². The smallest absolute Gasteiger partial charge is 0.279 e. The third-order valence-corrected chi connectivity index (χ3v) is 2.59. The van der Waals surface area contributed by atoms with E-state index in [1.54, 1.807) is 12.1 Å². The molecular weight excluding hydrogens is 276 g/mol. The molecule has 0 aliphatic rings. The fourth-order valence-electron chi connectivity index (χ4n) is 1.38. The number of halogens is 1. The number of nitro benzene ring substituents is 1. The predicted molar refractivity (Wildman–Crippen MR) is 62.8 cm³/mol. The number of nitrogens with two attached hydrogens (primary N) is 1. The van der Waals surface area contributed by atoms with Crippen LogP contribution in [-0.2, 0) is 0 Å². The molecule has 0 aliphatic carbocycles. The van der Waals surface area contributed by atoms with E-state index in [9.17, 15) is 10.1 Å². The van der Waals surface area contributed by atoms with Gasteiger partial charge in [-0.25, -0.2) is 0 Å². The summed E-state index contributed by atoms with van der Waals surface area (Å²) in [5, 5.41) is 17.3. The number of rotatable bonds is 2. The number of nitrogens with zero attached hydrogens (tertiary/aromatic N) is 2. The summed E-state index contributed by atoms with van der Waals surface area (Å²) >= 11 is 3.18. The summed E-state index contributed by atoms with van der Waals surface area (Å²) in [5.41, 5.74) is 6.89. The first kappa shape index (κ1) is 10.6. The summed E-state index contributed by atoms with van der Waals surface area (Å²) in [5.74, 6) is 0. The SMILES string of the molecule is Nc1cn[nH]c1-c1ccc(Br)cc1[N+](=O)[O-]. The monoisotopic (exact) mass is 282 g/mol. The van der Waals surface area contributed by atoms with Gasteiger partial charge in [0.05, 0.1) is 28.1 Å². The number of nitro groups is 1. The van der Waals surface area contributed by atoms with Gasteiger partial charge in [-0.2, -0.15) is 5.10 Å². The molecule has 7 heteroatoms. The number of hydrogen-bond acceptors (Lipinski definition) is 4. The van der Waals surface area contributed by atoms with Crippen LogP contribution in [0.15, 0.2) is 28.9 Å². The van der Waals surface area contributed by atoms with E-state index in [1.807, 2.05) is 0 Å². The zero-order valence-corrected chi connectivity index (χ0v) is 9.56. The largest absolute Gasteiger partial charge is 0.396 e. The molecule has 0 amide bonds. The molecule has 2 rings (SSSR count). The van der Waals surface area contributed by atoms with Gasteiger partial charge in [0.2, 0.25) is 0 Å². The first-order valence-corrected chi connectivity index (χ1v) is 5.12. The number of nitrogen functional groups attached to an aromatic ring is 1. The van der Waals surface area contributed by atoms with Crippen molar-refractivity contribution >= 4 is 27.3 Å². The molecule has 1 aromatic heterocycles. The summed E-state index contributed by atoms with van der Waals surface area (Å²) < 4.78 is 0.640. The molecule has 0 bridgehead atoms. The van der Waals surface area contributed by atoms with Crippen molar-refractivity contribution in [1.82, 2.24) is 10.2 Å². The van der Waals surface area contributed by atoms with Gasteiger partial charge in [0, 0.05) is 10.5 Å². The Balaban J connectivity index is 2.65. The lowest BCUT2D eigenvalue weighted by molar-refractivity contribution is -0.384. The Morgan fingerprint density at radius 1 is 1.50 bits per heavy atom. The molecule has 2 aromatic rings. The maximum absolute atomic E-state index is 10.9. The number of aromatic nitrogens is 2. The highest BCUT2D eigenvalue weighted by atomic mass is 79.9. The number of aromatic amines is 1. The Bertz CT molecular complexity index is 552. The first-order chi connectivity index (χ1) is 7.59. The number of benzene rings is 1. The summed E-state index contributed by atoms with van der Waals surface area (Å²) in [7, 11) is 0. The number of anilines is 1. The summed E-state index contributed by atoms with van der Waals surface area (Å²) in [6.45, 7) is 0. The minimum Gasteiger partial charge on any atom is -0.396 e. The molecule has 0 unspecified atom stereocenters. The molecule has 0 saturated heterocycles. The van der Waals surface area contributed by atoms with Crippen LogP contribution in [0.2, 0.25) is 0 Å². The van der Waals surface area contributed by atoms with Crippen LogP contribution < -0.4 is 5.73 Å². The summed E-state index contributed by atoms with van der Waals surface area (Å²) in [6, 6.07) is 4.75. The van der Waals surface area contributed by atoms with Crippen LogP contribution >= 0.6 is 15.9 Å². The van der Waals surface area contributed by atoms with Gasteiger partial charge in [-0.1, -0.05) is 15.9 Å². The van der Waals surface area contributed by atoms with E-state index < -0.39 is 4.92 Å². The fraction of sp³-hybridized carbons (Fsp3) is 0. The molecule has 6 nitrogen and oxygen atoms in total. The lowest BCUT2D eigenvalue weighted by Crippen LogP contribution is -1.94. The lowest BCUT2D eigenvalue weighted by atomic mass is 10.1. The van der Waals surface area contributed by atoms with Crippen molar-refractivity contribution in [3.63, 3.8) is 0 Å². The van der Waals surface area contributed by atoms with Gasteiger partial charge in [-0.15, -0.1) is 0 Å². The normalized spacial score (nSPS) is 10.3. The number of nitrogens with one attached hydrogen (secondary N) is 1. The molecule has 0 fully saturated rings. The molecule has 1 aromatic carbocycles. The van der Waals surface area contributed by atoms with Gasteiger partial charge in [0.25, 0.3) is 5.69 Å². The van der Waals surface area contributed by atoms with Crippen LogP contribution in [0.1, 0.15) is 0 Å². The van der Waals surface area contributed by atoms with E-state index in [4.69, 9.17) is 5.73 Å². The third-order valence-electron chi connectivity index (χ3n) is 2.09. The van der Waals surface area contributed by atoms with Crippen molar-refractivity contribution in [2.24, 2.45) is 0 Å². The van der Waals surface area contributed by atoms with E-state index in [2.05, 4.69) is 26.1 Å². The van der Waals surface area contributed by atoms with E-state index in [0.29, 0.717) is 21.4 Å². The minimum absolute atomic E-state index is 0.0228. The zero-order valence-electron chi connectivity index (χ0n) is 7.98. The van der Waals surface area contributed by atoms with Crippen LogP contribution in [0.4, 0.5) is 11.4 Å². The Kier molecular flexibility index (Phi) is 2.61. The van der Waals surface area contributed by atoms with Crippen LogP contribution in [0, 0.1) is 10.1 Å². The third kappa shape index (κ3) is 1.76. The van der Waals surface area contributed by atoms with Gasteiger partial charge in [-0.3, -0.25) is 15.2 Å². The maximum Gasteiger partial charge on any atom is 0.279 e. The molecule has 82 valence electrons. The minimum atomic E-state index is -0.458. The second-order valence-corrected chi connectivity index (χ2v) is 4.03. The van der Waals surface area contributed by atoms with Crippen molar-refractivity contribution in [1.29, 1.82) is 0 Å². The first-order valence-electron chi connectivity index (χ1n) is 4.32. The van der Waals surface area contributed by atoms with Gasteiger partial charge in [-0.05, 0) is 12.1 Å². The molecular formula is C9H7BrN4O2. The molecule has 0 radical (unpaired) electrons. The zero-order chi connectivity index (χ0) is 11.7. The van der Waals surface area contributed by atoms with Gasteiger partial charge >= 0.3 is 0 Å². The maximum atomic E-state index is 10.9. The van der Waals surface area contributed by atoms with Crippen molar-refractivity contribution < 1.29 is 4.92 Å². The van der Waals surface area contributed by atoms with Crippen LogP contribution in [0.25, 0.3) is 11.3 Å². The van der Waals surface area contributed by atoms with Crippen LogP contribution in [0.3, 0.4) is 0 Å². The molecule has 3 N–H and O–H groups in total. The highest BCUT2D eigenvalue weighted by Crippen LogP contribution is 2.33. The number of hydrogen-bond donors (Lipinski definition) is 2. The molecule has 0 spiro atoms. The van der Waals surface area contributed by atoms with Crippen LogP contribution in [0.5, 0.6) is 0 Å². The van der Waals surface area contributed by atoms with Crippen LogP contribution in [-0.4, -0.2) is 15.1 Å². The van der Waals surface area contributed by atoms with E-state index >= 15 is 0 Å². The Morgan fingerprint density at radius 2 is 2.25 bits per heavy atom. The summed E-state index contributed by atoms with van der Waals surface area (Å²) in [6.07, 6.45) is 1.42. The fourth-order valence-corrected chi connectivity index (χ4v) is 1.73. The van der Waals surface area contributed by atoms with E-state index in [0.717, 1.165) is 0 Å². The second kappa shape index (κ2) is 3.93. The standard InChI is InChI=1S/C9H7BrN4O2/c10-5-1-2-6(8(3-5)14(15)16)9-7(11)4-12-13-9/h1-4H,11H2,(H,12,13). The lowest BCUT2D eigenvalue weighted by Gasteiger charge is -2.02. The average Bonchev–Trinajstić information content (AvgIpc) is 2.64. The Labute approximate surface area is 98.7 Å². The van der Waals surface area contributed by atoms with Gasteiger partial charge in [0.15, 0.2) is 0 Å². The quantitative estimate of drug-likeness (QED) is 0.652. The number of H-pyrrole nitrogens is 1. The molecule has 0 atom stereocenters. The molecule has 0 saturated carbocycles. The molecule has 1 heterocycles. The van der Waals surface area contributed by atoms with E-state index in [-0.39, 0.29) is 5.69 Å². The highest BCUT2D eigenvalue weighted by molar-refractivity contribution is 9.10. The van der Waals surface area contributed by atoms with Gasteiger partial charge < -0.3 is 5.73 Å². The molecule has 0 aliphatic heterocycles. The highest BCUT2D eigenvalue weighted by Gasteiger charge is 2.18. The summed E-state index contributed by atoms with van der Waals surface area (Å²) in [4.78, 5) is 10.4. The van der Waals surface area contributed by atoms with Crippen molar-refractivity contribution in [2.75, 3.05) is 5.73 Å². The average molecular weight is 283 g/mol. The Morgan fingerprint density at radius 3 is 2.81 bits per heavy atom. The topological polar surface area (TPSA) is 97.8 Å². The van der Waals surface area contributed by atoms with Crippen molar-refractivity contribution in [3.05, 3.63) is 39.0 Å². The van der Waals surface area contributed by atoms with Crippen molar-refractivity contribution in [3.8, 4) is 11.3 Å². The predicted octanol–water partition coefficient (Wildman–Crippen LogP) is 2.33. The Hall–Kier alpha value is -1.89. The molecule has 16 heavy (non-hydrogen) atoms. The second-order valence-electron chi connectivity index (χ2n) is 3.12. The van der Waals surface area contributed by atoms with E-state index in [1.165, 1.54) is 12.3 Å².